The highest BCUT2D eigenvalue weighted by molar-refractivity contribution is 5.92. The zero-order valence-electron chi connectivity index (χ0n) is 14.5. The number of aromatic nitrogens is 2. The molecule has 134 valence electrons. The predicted molar refractivity (Wildman–Crippen MR) is 95.8 cm³/mol. The molecule has 1 aromatic heterocycles. The maximum Gasteiger partial charge on any atom is 0.274 e. The predicted octanol–water partition coefficient (Wildman–Crippen LogP) is 1.88. The lowest BCUT2D eigenvalue weighted by molar-refractivity contribution is -0.00362. The van der Waals surface area contributed by atoms with E-state index in [1.54, 1.807) is 24.4 Å². The van der Waals surface area contributed by atoms with Gasteiger partial charge in [-0.15, -0.1) is 5.10 Å². The molecular weight excluding hydrogens is 328 g/mol. The van der Waals surface area contributed by atoms with Crippen LogP contribution in [0.1, 0.15) is 34.8 Å². The molecule has 4 aliphatic rings. The largest absolute Gasteiger partial charge is 0.508 e. The number of carbonyl (C=O) groups is 1. The lowest BCUT2D eigenvalue weighted by Gasteiger charge is -2.51. The molecule has 1 aromatic carbocycles. The van der Waals surface area contributed by atoms with Crippen molar-refractivity contribution in [3.05, 3.63) is 53.9 Å². The number of fused-ring (bicyclic) bond motifs is 2. The molecule has 6 heteroatoms. The summed E-state index contributed by atoms with van der Waals surface area (Å²) >= 11 is 0. The second-order valence-corrected chi connectivity index (χ2v) is 7.62. The van der Waals surface area contributed by atoms with E-state index in [-0.39, 0.29) is 23.6 Å². The zero-order chi connectivity index (χ0) is 17.7. The van der Waals surface area contributed by atoms with Crippen LogP contribution >= 0.6 is 0 Å². The van der Waals surface area contributed by atoms with Crippen LogP contribution in [0.5, 0.6) is 5.75 Å². The van der Waals surface area contributed by atoms with Crippen LogP contribution in [0.25, 0.3) is 0 Å². The highest BCUT2D eigenvalue weighted by Crippen LogP contribution is 2.47. The summed E-state index contributed by atoms with van der Waals surface area (Å²) < 4.78 is 0. The minimum atomic E-state index is -0.0236. The minimum absolute atomic E-state index is 0.0236. The third kappa shape index (κ3) is 2.40. The Morgan fingerprint density at radius 2 is 1.96 bits per heavy atom. The topological polar surface area (TPSA) is 69.6 Å². The number of likely N-dealkylation sites (tertiary alicyclic amines) is 1. The Kier molecular flexibility index (Phi) is 3.67. The first-order valence-corrected chi connectivity index (χ1v) is 9.34. The van der Waals surface area contributed by atoms with Gasteiger partial charge in [0.1, 0.15) is 5.75 Å². The molecule has 0 aliphatic carbocycles. The van der Waals surface area contributed by atoms with E-state index in [9.17, 15) is 9.90 Å². The van der Waals surface area contributed by atoms with Crippen molar-refractivity contribution in [1.29, 1.82) is 0 Å². The molecule has 2 aromatic rings. The van der Waals surface area contributed by atoms with E-state index in [4.69, 9.17) is 0 Å². The van der Waals surface area contributed by atoms with Crippen molar-refractivity contribution in [2.24, 2.45) is 5.92 Å². The van der Waals surface area contributed by atoms with Gasteiger partial charge in [-0.25, -0.2) is 0 Å². The fraction of sp³-hybridized carbons (Fsp3) is 0.450. The first-order chi connectivity index (χ1) is 12.7. The van der Waals surface area contributed by atoms with Crippen molar-refractivity contribution in [1.82, 2.24) is 20.0 Å². The molecular formula is C20H22N4O2. The van der Waals surface area contributed by atoms with Crippen LogP contribution in [-0.4, -0.2) is 62.7 Å². The molecule has 4 aliphatic heterocycles. The summed E-state index contributed by atoms with van der Waals surface area (Å²) in [6, 6.07) is 11.6. The summed E-state index contributed by atoms with van der Waals surface area (Å²) in [6.45, 7) is 2.88. The van der Waals surface area contributed by atoms with E-state index in [0.717, 1.165) is 31.5 Å². The van der Waals surface area contributed by atoms with Crippen LogP contribution in [0.2, 0.25) is 0 Å². The zero-order valence-corrected chi connectivity index (χ0v) is 14.5. The highest BCUT2D eigenvalue weighted by atomic mass is 16.3. The molecule has 5 heterocycles. The number of amides is 1. The van der Waals surface area contributed by atoms with Gasteiger partial charge in [0.05, 0.1) is 6.04 Å². The van der Waals surface area contributed by atoms with Gasteiger partial charge in [0, 0.05) is 24.7 Å². The average molecular weight is 350 g/mol. The second-order valence-electron chi connectivity index (χ2n) is 7.62. The number of benzene rings is 1. The summed E-state index contributed by atoms with van der Waals surface area (Å²) in [7, 11) is 0. The SMILES string of the molecule is O=C(c1cccnn1)N1CC(c2cccc(O)c2)C2C1C1CCN2CC1. The number of rotatable bonds is 2. The average Bonchev–Trinajstić information content (AvgIpc) is 3.12. The number of nitrogens with zero attached hydrogens (tertiary/aromatic N) is 4. The minimum Gasteiger partial charge on any atom is -0.508 e. The van der Waals surface area contributed by atoms with Crippen LogP contribution in [0.4, 0.5) is 0 Å². The normalized spacial score (nSPS) is 32.5. The Bertz CT molecular complexity index is 820. The van der Waals surface area contributed by atoms with Crippen LogP contribution in [0.3, 0.4) is 0 Å². The Labute approximate surface area is 152 Å². The van der Waals surface area contributed by atoms with Crippen molar-refractivity contribution in [2.45, 2.75) is 30.8 Å². The van der Waals surface area contributed by atoms with Crippen molar-refractivity contribution in [2.75, 3.05) is 19.6 Å². The van der Waals surface area contributed by atoms with Crippen LogP contribution in [-0.2, 0) is 0 Å². The molecule has 6 rings (SSSR count). The van der Waals surface area contributed by atoms with E-state index < -0.39 is 0 Å². The molecule has 0 spiro atoms. The van der Waals surface area contributed by atoms with Crippen molar-refractivity contribution < 1.29 is 9.90 Å². The molecule has 0 radical (unpaired) electrons. The van der Waals surface area contributed by atoms with Gasteiger partial charge in [0.2, 0.25) is 0 Å². The van der Waals surface area contributed by atoms with Crippen LogP contribution < -0.4 is 0 Å². The number of aromatic hydroxyl groups is 1. The van der Waals surface area contributed by atoms with Gasteiger partial charge in [-0.3, -0.25) is 9.69 Å². The van der Waals surface area contributed by atoms with Gasteiger partial charge >= 0.3 is 0 Å². The quantitative estimate of drug-likeness (QED) is 0.896. The summed E-state index contributed by atoms with van der Waals surface area (Å²) in [5, 5.41) is 17.9. The van der Waals surface area contributed by atoms with Crippen molar-refractivity contribution >= 4 is 5.91 Å². The Hall–Kier alpha value is -2.47. The molecule has 0 saturated carbocycles. The van der Waals surface area contributed by atoms with Gasteiger partial charge in [0.15, 0.2) is 5.69 Å². The molecule has 4 fully saturated rings. The Morgan fingerprint density at radius 3 is 2.69 bits per heavy atom. The fourth-order valence-corrected chi connectivity index (χ4v) is 5.27. The molecule has 6 nitrogen and oxygen atoms in total. The molecule has 4 saturated heterocycles. The van der Waals surface area contributed by atoms with Gasteiger partial charge in [-0.1, -0.05) is 12.1 Å². The standard InChI is InChI=1S/C20H22N4O2/c25-15-4-1-3-14(11-15)16-12-24(20(26)17-5-2-8-21-22-17)18-13-6-9-23(10-7-13)19(16)18/h1-5,8,11,13,16,18-19,25H,6-7,9-10,12H2. The molecule has 3 atom stereocenters. The highest BCUT2D eigenvalue weighted by Gasteiger charge is 2.54. The smallest absolute Gasteiger partial charge is 0.274 e. The number of phenols is 1. The lowest BCUT2D eigenvalue weighted by Crippen LogP contribution is -2.60. The third-order valence-electron chi connectivity index (χ3n) is 6.34. The lowest BCUT2D eigenvalue weighted by atomic mass is 9.75. The second kappa shape index (κ2) is 6.06. The maximum atomic E-state index is 13.2. The fourth-order valence-electron chi connectivity index (χ4n) is 5.27. The molecule has 1 N–H and O–H groups in total. The summed E-state index contributed by atoms with van der Waals surface area (Å²) in [4.78, 5) is 17.7. The number of piperidine rings is 3. The first-order valence-electron chi connectivity index (χ1n) is 9.34. The van der Waals surface area contributed by atoms with E-state index in [0.29, 0.717) is 24.2 Å². The summed E-state index contributed by atoms with van der Waals surface area (Å²) in [5.74, 6) is 1.03. The van der Waals surface area contributed by atoms with Gasteiger partial charge in [-0.2, -0.15) is 5.10 Å². The van der Waals surface area contributed by atoms with Crippen molar-refractivity contribution in [3.8, 4) is 5.75 Å². The van der Waals surface area contributed by atoms with Crippen LogP contribution in [0, 0.1) is 5.92 Å². The van der Waals surface area contributed by atoms with E-state index in [1.165, 1.54) is 0 Å². The van der Waals surface area contributed by atoms with Gasteiger partial charge in [0.25, 0.3) is 5.91 Å². The molecule has 2 bridgehead atoms. The summed E-state index contributed by atoms with van der Waals surface area (Å²) in [6.07, 6.45) is 3.89. The summed E-state index contributed by atoms with van der Waals surface area (Å²) in [5.41, 5.74) is 1.53. The van der Waals surface area contributed by atoms with Gasteiger partial charge < -0.3 is 10.0 Å². The van der Waals surface area contributed by atoms with E-state index >= 15 is 0 Å². The number of hydrogen-bond donors (Lipinski definition) is 1. The van der Waals surface area contributed by atoms with Crippen LogP contribution in [0.15, 0.2) is 42.6 Å². The van der Waals surface area contributed by atoms with Crippen molar-refractivity contribution in [3.63, 3.8) is 0 Å². The molecule has 26 heavy (non-hydrogen) atoms. The first kappa shape index (κ1) is 15.8. The van der Waals surface area contributed by atoms with E-state index in [1.807, 2.05) is 17.0 Å². The maximum absolute atomic E-state index is 13.2. The third-order valence-corrected chi connectivity index (χ3v) is 6.34. The van der Waals surface area contributed by atoms with E-state index in [2.05, 4.69) is 21.2 Å². The molecule has 3 unspecified atom stereocenters. The Balaban J connectivity index is 1.54. The Morgan fingerprint density at radius 1 is 1.12 bits per heavy atom. The molecule has 1 amide bonds. The van der Waals surface area contributed by atoms with Gasteiger partial charge in [-0.05, 0) is 61.7 Å². The number of phenolic OH excluding ortho intramolecular Hbond substituents is 1. The number of hydrogen-bond acceptors (Lipinski definition) is 5. The number of carbonyl (C=O) groups excluding carboxylic acids is 1. The monoisotopic (exact) mass is 350 g/mol.